The summed E-state index contributed by atoms with van der Waals surface area (Å²) in [5, 5.41) is 11.0. The van der Waals surface area contributed by atoms with E-state index in [2.05, 4.69) is 44.4 Å². The smallest absolute Gasteiger partial charge is 0.255 e. The summed E-state index contributed by atoms with van der Waals surface area (Å²) in [5.74, 6) is -0.0648. The molecule has 1 atom stereocenters. The molecule has 2 rings (SSSR count). The lowest BCUT2D eigenvalue weighted by Gasteiger charge is -2.44. The van der Waals surface area contributed by atoms with Crippen LogP contribution in [0.1, 0.15) is 47.5 Å². The first-order valence-corrected chi connectivity index (χ1v) is 9.09. The van der Waals surface area contributed by atoms with Crippen molar-refractivity contribution in [2.24, 2.45) is 5.41 Å². The number of β-amino-alcohol motifs (C(OH)–C–C–N with tert-alkyl or cyclic N) is 1. The van der Waals surface area contributed by atoms with Crippen LogP contribution in [0.15, 0.2) is 0 Å². The normalized spacial score (nSPS) is 28.7. The molecule has 2 aliphatic heterocycles. The van der Waals surface area contributed by atoms with Gasteiger partial charge >= 0.3 is 0 Å². The topological polar surface area (TPSA) is 47.0 Å². The minimum atomic E-state index is -1.19. The summed E-state index contributed by atoms with van der Waals surface area (Å²) in [7, 11) is 0. The van der Waals surface area contributed by atoms with Gasteiger partial charge in [-0.1, -0.05) is 20.8 Å². The van der Waals surface area contributed by atoms with Crippen LogP contribution in [0.2, 0.25) is 0 Å². The van der Waals surface area contributed by atoms with E-state index in [-0.39, 0.29) is 11.3 Å². The fourth-order valence-electron chi connectivity index (χ4n) is 3.74. The number of nitrogens with zero attached hydrogens (tertiary/aromatic N) is 3. The monoisotopic (exact) mass is 325 g/mol. The number of piperidine rings is 1. The Balaban J connectivity index is 1.94. The minimum absolute atomic E-state index is 0.0648. The maximum atomic E-state index is 12.8. The Kier molecular flexibility index (Phi) is 5.75. The Bertz CT molecular complexity index is 411. The lowest BCUT2D eigenvalue weighted by molar-refractivity contribution is -0.161. The van der Waals surface area contributed by atoms with Crippen LogP contribution in [-0.2, 0) is 4.79 Å². The molecule has 2 saturated heterocycles. The van der Waals surface area contributed by atoms with Crippen molar-refractivity contribution in [1.82, 2.24) is 14.7 Å². The van der Waals surface area contributed by atoms with E-state index in [4.69, 9.17) is 0 Å². The Hall–Kier alpha value is -0.650. The van der Waals surface area contributed by atoms with Crippen LogP contribution >= 0.6 is 0 Å². The summed E-state index contributed by atoms with van der Waals surface area (Å²) in [6, 6.07) is 0.568. The summed E-state index contributed by atoms with van der Waals surface area (Å²) < 4.78 is 0. The number of piperazine rings is 1. The zero-order chi connectivity index (χ0) is 17.3. The fraction of sp³-hybridized carbons (Fsp3) is 0.944. The van der Waals surface area contributed by atoms with E-state index in [0.29, 0.717) is 19.0 Å². The lowest BCUT2D eigenvalue weighted by atomic mass is 9.88. The van der Waals surface area contributed by atoms with Gasteiger partial charge in [0.1, 0.15) is 0 Å². The van der Waals surface area contributed by atoms with Crippen molar-refractivity contribution in [1.29, 1.82) is 0 Å². The second kappa shape index (κ2) is 7.08. The maximum absolute atomic E-state index is 12.8. The predicted octanol–water partition coefficient (Wildman–Crippen LogP) is 1.41. The third kappa shape index (κ3) is 4.91. The number of likely N-dealkylation sites (tertiary alicyclic amines) is 1. The number of aliphatic hydroxyl groups is 1. The van der Waals surface area contributed by atoms with E-state index in [1.165, 1.54) is 0 Å². The van der Waals surface area contributed by atoms with Gasteiger partial charge in [-0.25, -0.2) is 0 Å². The highest BCUT2D eigenvalue weighted by molar-refractivity contribution is 5.86. The van der Waals surface area contributed by atoms with Gasteiger partial charge in [-0.3, -0.25) is 14.6 Å². The largest absolute Gasteiger partial charge is 0.379 e. The van der Waals surface area contributed by atoms with Crippen LogP contribution in [0.25, 0.3) is 0 Å². The van der Waals surface area contributed by atoms with Crippen molar-refractivity contribution in [3.63, 3.8) is 0 Å². The van der Waals surface area contributed by atoms with Gasteiger partial charge in [0.25, 0.3) is 5.91 Å². The Morgan fingerprint density at radius 3 is 2.26 bits per heavy atom. The van der Waals surface area contributed by atoms with Gasteiger partial charge in [0, 0.05) is 51.9 Å². The molecule has 1 N–H and O–H groups in total. The molecular weight excluding hydrogens is 290 g/mol. The summed E-state index contributed by atoms with van der Waals surface area (Å²) in [5.41, 5.74) is -1.12. The first-order chi connectivity index (χ1) is 10.6. The van der Waals surface area contributed by atoms with E-state index in [0.717, 1.165) is 45.7 Å². The highest BCUT2D eigenvalue weighted by atomic mass is 16.3. The van der Waals surface area contributed by atoms with Crippen LogP contribution in [0, 0.1) is 5.41 Å². The van der Waals surface area contributed by atoms with Gasteiger partial charge in [0.15, 0.2) is 5.60 Å². The molecule has 2 aliphatic rings. The van der Waals surface area contributed by atoms with Crippen molar-refractivity contribution < 1.29 is 9.90 Å². The molecule has 0 aromatic heterocycles. The third-order valence-corrected chi connectivity index (χ3v) is 4.99. The molecule has 2 heterocycles. The summed E-state index contributed by atoms with van der Waals surface area (Å²) in [6.07, 6.45) is 1.49. The molecule has 0 aliphatic carbocycles. The van der Waals surface area contributed by atoms with Crippen molar-refractivity contribution in [2.75, 3.05) is 45.8 Å². The lowest BCUT2D eigenvalue weighted by Crippen LogP contribution is -2.61. The Morgan fingerprint density at radius 1 is 1.13 bits per heavy atom. The molecule has 5 nitrogen and oxygen atoms in total. The van der Waals surface area contributed by atoms with Crippen LogP contribution in [0.3, 0.4) is 0 Å². The summed E-state index contributed by atoms with van der Waals surface area (Å²) in [4.78, 5) is 19.4. The average Bonchev–Trinajstić information content (AvgIpc) is 2.43. The first kappa shape index (κ1) is 18.7. The summed E-state index contributed by atoms with van der Waals surface area (Å²) in [6.45, 7) is 16.8. The highest BCUT2D eigenvalue weighted by Crippen LogP contribution is 2.27. The van der Waals surface area contributed by atoms with Crippen LogP contribution in [0.4, 0.5) is 0 Å². The molecule has 5 heteroatoms. The van der Waals surface area contributed by atoms with Gasteiger partial charge in [-0.05, 0) is 32.1 Å². The molecule has 0 saturated carbocycles. The van der Waals surface area contributed by atoms with Crippen molar-refractivity contribution in [2.45, 2.75) is 59.1 Å². The predicted molar refractivity (Wildman–Crippen MR) is 93.4 cm³/mol. The molecule has 0 spiro atoms. The molecular formula is C18H35N3O2. The Morgan fingerprint density at radius 2 is 1.74 bits per heavy atom. The molecule has 1 amide bonds. The van der Waals surface area contributed by atoms with Crippen molar-refractivity contribution in [3.05, 3.63) is 0 Å². The SMILES string of the molecule is CC(C)N1CCN(C[C@]2(O)CCCN(CC(C)(C)C)C2=O)CC1. The van der Waals surface area contributed by atoms with Crippen LogP contribution in [-0.4, -0.2) is 83.2 Å². The fourth-order valence-corrected chi connectivity index (χ4v) is 3.74. The Labute approximate surface area is 141 Å². The van der Waals surface area contributed by atoms with Crippen LogP contribution < -0.4 is 0 Å². The third-order valence-electron chi connectivity index (χ3n) is 4.99. The summed E-state index contributed by atoms with van der Waals surface area (Å²) >= 11 is 0. The van der Waals surface area contributed by atoms with Crippen molar-refractivity contribution in [3.8, 4) is 0 Å². The zero-order valence-corrected chi connectivity index (χ0v) is 15.6. The van der Waals surface area contributed by atoms with Gasteiger partial charge < -0.3 is 10.0 Å². The van der Waals surface area contributed by atoms with E-state index in [1.807, 2.05) is 4.90 Å². The maximum Gasteiger partial charge on any atom is 0.255 e. The average molecular weight is 325 g/mol. The van der Waals surface area contributed by atoms with E-state index < -0.39 is 5.60 Å². The standard InChI is InChI=1S/C18H35N3O2/c1-15(2)20-11-9-19(10-12-20)14-18(23)7-6-8-21(16(18)22)13-17(3,4)5/h15,23H,6-14H2,1-5H3/t18-/m1/s1. The molecule has 0 bridgehead atoms. The molecule has 0 unspecified atom stereocenters. The number of rotatable bonds is 4. The molecule has 0 aromatic rings. The van der Waals surface area contributed by atoms with Crippen molar-refractivity contribution >= 4 is 5.91 Å². The number of amides is 1. The second-order valence-electron chi connectivity index (χ2n) is 8.83. The molecule has 0 radical (unpaired) electrons. The van der Waals surface area contributed by atoms with Crippen LogP contribution in [0.5, 0.6) is 0 Å². The number of hydrogen-bond donors (Lipinski definition) is 1. The molecule has 2 fully saturated rings. The van der Waals surface area contributed by atoms with E-state index in [1.54, 1.807) is 0 Å². The minimum Gasteiger partial charge on any atom is -0.379 e. The zero-order valence-electron chi connectivity index (χ0n) is 15.6. The number of carbonyl (C=O) groups excluding carboxylic acids is 1. The van der Waals surface area contributed by atoms with Gasteiger partial charge in [0.05, 0.1) is 0 Å². The van der Waals surface area contributed by atoms with E-state index in [9.17, 15) is 9.90 Å². The van der Waals surface area contributed by atoms with E-state index >= 15 is 0 Å². The molecule has 0 aromatic carbocycles. The molecule has 134 valence electrons. The van der Waals surface area contributed by atoms with Gasteiger partial charge in [-0.15, -0.1) is 0 Å². The van der Waals surface area contributed by atoms with Gasteiger partial charge in [-0.2, -0.15) is 0 Å². The van der Waals surface area contributed by atoms with Gasteiger partial charge in [0.2, 0.25) is 0 Å². The molecule has 23 heavy (non-hydrogen) atoms. The first-order valence-electron chi connectivity index (χ1n) is 9.09. The quantitative estimate of drug-likeness (QED) is 0.849. The second-order valence-corrected chi connectivity index (χ2v) is 8.83. The number of carbonyl (C=O) groups is 1. The highest BCUT2D eigenvalue weighted by Gasteiger charge is 2.44. The number of hydrogen-bond acceptors (Lipinski definition) is 4.